The zero-order valence-electron chi connectivity index (χ0n) is 23.3. The minimum atomic E-state index is 0.466. The van der Waals surface area contributed by atoms with Crippen molar-refractivity contribution >= 4 is 22.3 Å². The Hall–Kier alpha value is -3.41. The molecule has 8 nitrogen and oxygen atoms in total. The van der Waals surface area contributed by atoms with Crippen LogP contribution in [0.1, 0.15) is 36.6 Å². The van der Waals surface area contributed by atoms with Crippen molar-refractivity contribution in [2.75, 3.05) is 69.8 Å². The molecule has 3 aromatic rings. The first-order valence-corrected chi connectivity index (χ1v) is 13.7. The van der Waals surface area contributed by atoms with E-state index in [0.717, 1.165) is 57.2 Å². The fourth-order valence-corrected chi connectivity index (χ4v) is 5.47. The number of piperazine rings is 1. The number of nitrogens with zero attached hydrogens (tertiary/aromatic N) is 6. The summed E-state index contributed by atoms with van der Waals surface area (Å²) in [5.41, 5.74) is 4.96. The highest BCUT2D eigenvalue weighted by Crippen LogP contribution is 2.35. The van der Waals surface area contributed by atoms with E-state index in [1.807, 2.05) is 0 Å². The molecule has 8 heteroatoms. The van der Waals surface area contributed by atoms with E-state index < -0.39 is 0 Å². The van der Waals surface area contributed by atoms with Crippen molar-refractivity contribution in [3.8, 4) is 12.1 Å². The number of nitriles is 1. The van der Waals surface area contributed by atoms with Crippen LogP contribution < -0.4 is 19.9 Å². The molecular weight excluding hydrogens is 474 g/mol. The standard InChI is InChI=1S/C23H27N5O.C5H11N.C2H3N/c1-16-5-3-6-17-7-4-8-20(21(16)17)28-12-9-18-19(15-28)25-23(29-2)26-22(18)27-13-10-24-11-14-27;1-6-4-2-3-5-6;1-2-3/h3-8,24H,9-15H2,1-2H3;2-5H2,1H3;1H3. The molecule has 0 aliphatic carbocycles. The maximum absolute atomic E-state index is 7.32. The topological polar surface area (TPSA) is 80.5 Å². The summed E-state index contributed by atoms with van der Waals surface area (Å²) in [7, 11) is 3.82. The molecule has 0 atom stereocenters. The lowest BCUT2D eigenvalue weighted by atomic mass is 9.99. The van der Waals surface area contributed by atoms with Crippen LogP contribution in [-0.4, -0.2) is 74.8 Å². The van der Waals surface area contributed by atoms with Crippen LogP contribution in [-0.2, 0) is 13.0 Å². The average molecular weight is 516 g/mol. The molecule has 0 saturated carbocycles. The predicted molar refractivity (Wildman–Crippen MR) is 155 cm³/mol. The molecule has 1 N–H and O–H groups in total. The zero-order valence-corrected chi connectivity index (χ0v) is 23.3. The highest BCUT2D eigenvalue weighted by atomic mass is 16.5. The number of benzene rings is 2. The minimum absolute atomic E-state index is 0.466. The van der Waals surface area contributed by atoms with Crippen LogP contribution in [0.5, 0.6) is 6.01 Å². The van der Waals surface area contributed by atoms with Gasteiger partial charge in [-0.2, -0.15) is 15.2 Å². The van der Waals surface area contributed by atoms with Crippen LogP contribution in [0.25, 0.3) is 10.8 Å². The highest BCUT2D eigenvalue weighted by molar-refractivity contribution is 5.97. The summed E-state index contributed by atoms with van der Waals surface area (Å²) in [4.78, 5) is 16.7. The molecule has 0 amide bonds. The fraction of sp³-hybridized carbons (Fsp3) is 0.500. The summed E-state index contributed by atoms with van der Waals surface area (Å²) in [6.45, 7) is 11.9. The molecule has 202 valence electrons. The third-order valence-electron chi connectivity index (χ3n) is 7.38. The number of aryl methyl sites for hydroxylation is 1. The lowest BCUT2D eigenvalue weighted by Gasteiger charge is -2.35. The maximum atomic E-state index is 7.32. The molecule has 4 heterocycles. The summed E-state index contributed by atoms with van der Waals surface area (Å²) in [6.07, 6.45) is 3.77. The molecule has 3 aliphatic rings. The van der Waals surface area contributed by atoms with Gasteiger partial charge >= 0.3 is 6.01 Å². The number of nitrogens with one attached hydrogen (secondary N) is 1. The number of aromatic nitrogens is 2. The number of fused-ring (bicyclic) bond motifs is 2. The van der Waals surface area contributed by atoms with E-state index in [2.05, 4.69) is 70.4 Å². The number of methoxy groups -OCH3 is 1. The Bertz CT molecular complexity index is 1240. The molecular formula is C30H41N7O. The average Bonchev–Trinajstić information content (AvgIpc) is 3.44. The van der Waals surface area contributed by atoms with Gasteiger partial charge in [-0.15, -0.1) is 0 Å². The Kier molecular flexibility index (Phi) is 9.74. The van der Waals surface area contributed by atoms with Crippen molar-refractivity contribution in [3.63, 3.8) is 0 Å². The van der Waals surface area contributed by atoms with Crippen molar-refractivity contribution in [2.24, 2.45) is 0 Å². The lowest BCUT2D eigenvalue weighted by Crippen LogP contribution is -2.45. The third-order valence-corrected chi connectivity index (χ3v) is 7.38. The predicted octanol–water partition coefficient (Wildman–Crippen LogP) is 4.16. The van der Waals surface area contributed by atoms with Crippen LogP contribution in [0.15, 0.2) is 36.4 Å². The molecule has 0 unspecified atom stereocenters. The number of ether oxygens (including phenoxy) is 1. The second-order valence-electron chi connectivity index (χ2n) is 10.1. The zero-order chi connectivity index (χ0) is 26.9. The van der Waals surface area contributed by atoms with Gasteiger partial charge in [0.05, 0.1) is 25.4 Å². The van der Waals surface area contributed by atoms with Crippen molar-refractivity contribution in [3.05, 3.63) is 53.2 Å². The van der Waals surface area contributed by atoms with Crippen LogP contribution >= 0.6 is 0 Å². The lowest BCUT2D eigenvalue weighted by molar-refractivity contribution is 0.376. The highest BCUT2D eigenvalue weighted by Gasteiger charge is 2.27. The van der Waals surface area contributed by atoms with Gasteiger partial charge in [-0.05, 0) is 63.3 Å². The number of hydrogen-bond acceptors (Lipinski definition) is 8. The van der Waals surface area contributed by atoms with E-state index in [0.29, 0.717) is 6.01 Å². The number of likely N-dealkylation sites (tertiary alicyclic amines) is 1. The van der Waals surface area contributed by atoms with Gasteiger partial charge in [0.2, 0.25) is 0 Å². The van der Waals surface area contributed by atoms with Crippen molar-refractivity contribution in [1.82, 2.24) is 20.2 Å². The Morgan fingerprint density at radius 2 is 1.63 bits per heavy atom. The summed E-state index contributed by atoms with van der Waals surface area (Å²) in [5.74, 6) is 1.06. The van der Waals surface area contributed by atoms with E-state index in [1.165, 1.54) is 60.4 Å². The smallest absolute Gasteiger partial charge is 0.318 e. The molecule has 0 spiro atoms. The van der Waals surface area contributed by atoms with Gasteiger partial charge in [-0.3, -0.25) is 0 Å². The van der Waals surface area contributed by atoms with Crippen molar-refractivity contribution in [1.29, 1.82) is 5.26 Å². The van der Waals surface area contributed by atoms with Crippen LogP contribution in [0.2, 0.25) is 0 Å². The van der Waals surface area contributed by atoms with Crippen LogP contribution in [0.3, 0.4) is 0 Å². The van der Waals surface area contributed by atoms with Gasteiger partial charge in [0.25, 0.3) is 0 Å². The minimum Gasteiger partial charge on any atom is -0.467 e. The molecule has 0 bridgehead atoms. The van der Waals surface area contributed by atoms with Gasteiger partial charge in [0, 0.05) is 56.3 Å². The van der Waals surface area contributed by atoms with Gasteiger partial charge in [0.15, 0.2) is 0 Å². The number of hydrogen-bond donors (Lipinski definition) is 1. The summed E-state index contributed by atoms with van der Waals surface area (Å²) < 4.78 is 5.46. The summed E-state index contributed by atoms with van der Waals surface area (Å²) in [5, 5.41) is 13.4. The second kappa shape index (κ2) is 13.4. The van der Waals surface area contributed by atoms with Crippen molar-refractivity contribution in [2.45, 2.75) is 39.7 Å². The molecule has 6 rings (SSSR count). The Labute approximate surface area is 227 Å². The van der Waals surface area contributed by atoms with Crippen LogP contribution in [0, 0.1) is 18.3 Å². The van der Waals surface area contributed by atoms with Gasteiger partial charge < -0.3 is 24.8 Å². The normalized spacial score (nSPS) is 17.0. The molecule has 2 saturated heterocycles. The first-order valence-electron chi connectivity index (χ1n) is 13.7. The number of anilines is 2. The Balaban J connectivity index is 0.000000321. The third kappa shape index (κ3) is 6.53. The van der Waals surface area contributed by atoms with E-state index in [-0.39, 0.29) is 0 Å². The monoisotopic (exact) mass is 515 g/mol. The summed E-state index contributed by atoms with van der Waals surface area (Å²) >= 11 is 0. The fourth-order valence-electron chi connectivity index (χ4n) is 5.47. The molecule has 2 fully saturated rings. The van der Waals surface area contributed by atoms with Gasteiger partial charge in [-0.25, -0.2) is 0 Å². The largest absolute Gasteiger partial charge is 0.467 e. The number of rotatable bonds is 3. The summed E-state index contributed by atoms with van der Waals surface area (Å²) in [6, 6.07) is 15.3. The molecule has 2 aromatic carbocycles. The van der Waals surface area contributed by atoms with Crippen LogP contribution in [0.4, 0.5) is 11.5 Å². The van der Waals surface area contributed by atoms with E-state index in [4.69, 9.17) is 20.0 Å². The molecule has 0 radical (unpaired) electrons. The first-order chi connectivity index (χ1) is 18.5. The molecule has 3 aliphatic heterocycles. The van der Waals surface area contributed by atoms with Crippen molar-refractivity contribution < 1.29 is 4.74 Å². The Morgan fingerprint density at radius 1 is 0.947 bits per heavy atom. The van der Waals surface area contributed by atoms with Gasteiger partial charge in [0.1, 0.15) is 5.82 Å². The second-order valence-corrected chi connectivity index (χ2v) is 10.1. The SMILES string of the molecule is CC#N.CN1CCCC1.COc1nc2c(c(N3CCNCC3)n1)CCN(c1cccc3cccc(C)c13)C2. The maximum Gasteiger partial charge on any atom is 0.318 e. The van der Waals surface area contributed by atoms with E-state index in [9.17, 15) is 0 Å². The van der Waals surface area contributed by atoms with E-state index >= 15 is 0 Å². The van der Waals surface area contributed by atoms with Gasteiger partial charge in [-0.1, -0.05) is 30.3 Å². The van der Waals surface area contributed by atoms with E-state index in [1.54, 1.807) is 13.2 Å². The quantitative estimate of drug-likeness (QED) is 0.557. The first kappa shape index (κ1) is 27.6. The molecule has 1 aromatic heterocycles. The molecule has 38 heavy (non-hydrogen) atoms. The Morgan fingerprint density at radius 3 is 2.26 bits per heavy atom.